The molecule has 1 atom stereocenters. The van der Waals surface area contributed by atoms with Crippen molar-refractivity contribution in [1.82, 2.24) is 9.97 Å². The number of aryl methyl sites for hydroxylation is 2. The third kappa shape index (κ3) is 1.71. The Bertz CT molecular complexity index is 420. The van der Waals surface area contributed by atoms with Gasteiger partial charge in [-0.2, -0.15) is 0 Å². The quantitative estimate of drug-likeness (QED) is 0.611. The number of fused-ring (bicyclic) bond motifs is 1. The Labute approximate surface area is 92.1 Å². The highest BCUT2D eigenvalue weighted by molar-refractivity contribution is 7.98. The number of nitrogens with zero attached hydrogens (tertiary/aromatic N) is 2. The molecule has 0 amide bonds. The number of thioether (sulfide) groups is 1. The van der Waals surface area contributed by atoms with Gasteiger partial charge in [-0.25, -0.2) is 9.97 Å². The average Bonchev–Trinajstić information content (AvgIpc) is 2.61. The van der Waals surface area contributed by atoms with Crippen LogP contribution in [0.5, 0.6) is 0 Å². The molecule has 5 heteroatoms. The monoisotopic (exact) mass is 224 g/mol. The van der Waals surface area contributed by atoms with Crippen LogP contribution in [0, 0.1) is 6.92 Å². The number of rotatable bonds is 2. The van der Waals surface area contributed by atoms with Crippen LogP contribution in [0.15, 0.2) is 5.16 Å². The maximum Gasteiger partial charge on any atom is 0.311 e. The van der Waals surface area contributed by atoms with Crippen LogP contribution in [-0.4, -0.2) is 27.3 Å². The Morgan fingerprint density at radius 2 is 2.27 bits per heavy atom. The van der Waals surface area contributed by atoms with Gasteiger partial charge in [-0.1, -0.05) is 11.8 Å². The summed E-state index contributed by atoms with van der Waals surface area (Å²) in [6.07, 6.45) is 3.33. The molecule has 0 radical (unpaired) electrons. The van der Waals surface area contributed by atoms with Crippen molar-refractivity contribution in [2.75, 3.05) is 6.26 Å². The summed E-state index contributed by atoms with van der Waals surface area (Å²) in [4.78, 5) is 19.6. The fourth-order valence-electron chi connectivity index (χ4n) is 2.02. The number of carboxylic acid groups (broad SMARTS) is 1. The van der Waals surface area contributed by atoms with Gasteiger partial charge >= 0.3 is 5.97 Å². The average molecular weight is 224 g/mol. The molecule has 15 heavy (non-hydrogen) atoms. The van der Waals surface area contributed by atoms with Crippen molar-refractivity contribution in [3.8, 4) is 0 Å². The molecular formula is C10H12N2O2S. The van der Waals surface area contributed by atoms with E-state index in [1.807, 2.05) is 13.2 Å². The van der Waals surface area contributed by atoms with Gasteiger partial charge in [0.2, 0.25) is 0 Å². The molecule has 2 rings (SSSR count). The van der Waals surface area contributed by atoms with Crippen molar-refractivity contribution in [2.45, 2.75) is 30.8 Å². The fraction of sp³-hybridized carbons (Fsp3) is 0.500. The number of hydrogen-bond donors (Lipinski definition) is 1. The minimum atomic E-state index is -0.766. The van der Waals surface area contributed by atoms with Gasteiger partial charge in [-0.15, -0.1) is 0 Å². The van der Waals surface area contributed by atoms with E-state index in [0.717, 1.165) is 28.5 Å². The highest BCUT2D eigenvalue weighted by Crippen LogP contribution is 2.34. The number of aromatic nitrogens is 2. The second kappa shape index (κ2) is 3.81. The molecule has 0 saturated heterocycles. The molecular weight excluding hydrogens is 212 g/mol. The molecule has 0 fully saturated rings. The zero-order valence-corrected chi connectivity index (χ0v) is 9.47. The van der Waals surface area contributed by atoms with Gasteiger partial charge in [-0.05, 0) is 26.0 Å². The summed E-state index contributed by atoms with van der Waals surface area (Å²) < 4.78 is 0. The lowest BCUT2D eigenvalue weighted by molar-refractivity contribution is -0.138. The molecule has 4 nitrogen and oxygen atoms in total. The van der Waals surface area contributed by atoms with Crippen LogP contribution in [0.1, 0.15) is 29.3 Å². The molecule has 80 valence electrons. The molecule has 1 heterocycles. The van der Waals surface area contributed by atoms with Crippen molar-refractivity contribution in [3.63, 3.8) is 0 Å². The highest BCUT2D eigenvalue weighted by Gasteiger charge is 2.32. The summed E-state index contributed by atoms with van der Waals surface area (Å²) in [7, 11) is 0. The maximum atomic E-state index is 11.0. The lowest BCUT2D eigenvalue weighted by Gasteiger charge is -2.09. The second-order valence-corrected chi connectivity index (χ2v) is 4.36. The first-order chi connectivity index (χ1) is 7.13. The number of carboxylic acids is 1. The topological polar surface area (TPSA) is 63.1 Å². The van der Waals surface area contributed by atoms with Crippen molar-refractivity contribution in [1.29, 1.82) is 0 Å². The third-order valence-corrected chi connectivity index (χ3v) is 3.24. The summed E-state index contributed by atoms with van der Waals surface area (Å²) in [6, 6.07) is 0. The Balaban J connectivity index is 2.50. The van der Waals surface area contributed by atoms with E-state index in [4.69, 9.17) is 5.11 Å². The number of carbonyl (C=O) groups is 1. The SMILES string of the molecule is CSc1nc(C)c2c(n1)CCC2C(=O)O. The standard InChI is InChI=1S/C10H12N2O2S/c1-5-8-6(9(13)14)3-4-7(8)12-10(11-5)15-2/h6H,3-4H2,1-2H3,(H,13,14). The van der Waals surface area contributed by atoms with Gasteiger partial charge in [0.05, 0.1) is 5.92 Å². The van der Waals surface area contributed by atoms with Crippen LogP contribution in [0.25, 0.3) is 0 Å². The van der Waals surface area contributed by atoms with Gasteiger partial charge in [0.1, 0.15) is 0 Å². The largest absolute Gasteiger partial charge is 0.481 e. The summed E-state index contributed by atoms with van der Waals surface area (Å²) in [5, 5.41) is 9.78. The molecule has 1 aromatic rings. The molecule has 0 saturated carbocycles. The molecule has 1 N–H and O–H groups in total. The summed E-state index contributed by atoms with van der Waals surface area (Å²) in [6.45, 7) is 1.86. The van der Waals surface area contributed by atoms with Crippen LogP contribution in [-0.2, 0) is 11.2 Å². The number of aliphatic carboxylic acids is 1. The van der Waals surface area contributed by atoms with Gasteiger partial charge in [-0.3, -0.25) is 4.79 Å². The van der Waals surface area contributed by atoms with Crippen LogP contribution in [0.3, 0.4) is 0 Å². The normalized spacial score (nSPS) is 18.9. The molecule has 1 aliphatic carbocycles. The van der Waals surface area contributed by atoms with Gasteiger partial charge in [0, 0.05) is 17.0 Å². The van der Waals surface area contributed by atoms with Crippen molar-refractivity contribution in [2.24, 2.45) is 0 Å². The molecule has 1 aromatic heterocycles. The Kier molecular flexibility index (Phi) is 2.65. The first-order valence-corrected chi connectivity index (χ1v) is 6.00. The zero-order valence-electron chi connectivity index (χ0n) is 8.65. The van der Waals surface area contributed by atoms with E-state index in [1.54, 1.807) is 0 Å². The molecule has 0 spiro atoms. The van der Waals surface area contributed by atoms with E-state index in [1.165, 1.54) is 11.8 Å². The minimum absolute atomic E-state index is 0.407. The molecule has 0 aliphatic heterocycles. The predicted octanol–water partition coefficient (Wildman–Crippen LogP) is 1.62. The summed E-state index contributed by atoms with van der Waals surface area (Å²) in [5.74, 6) is -1.17. The fourth-order valence-corrected chi connectivity index (χ4v) is 2.45. The molecule has 1 unspecified atom stereocenters. The minimum Gasteiger partial charge on any atom is -0.481 e. The summed E-state index contributed by atoms with van der Waals surface area (Å²) >= 11 is 1.49. The van der Waals surface area contributed by atoms with Crippen LogP contribution in [0.2, 0.25) is 0 Å². The lowest BCUT2D eigenvalue weighted by atomic mass is 10.0. The lowest BCUT2D eigenvalue weighted by Crippen LogP contribution is -2.10. The predicted molar refractivity (Wildman–Crippen MR) is 57.2 cm³/mol. The van der Waals surface area contributed by atoms with Crippen LogP contribution in [0.4, 0.5) is 0 Å². The first kappa shape index (κ1) is 10.4. The van der Waals surface area contributed by atoms with E-state index >= 15 is 0 Å². The molecule has 0 bridgehead atoms. The Hall–Kier alpha value is -1.10. The molecule has 0 aromatic carbocycles. The zero-order chi connectivity index (χ0) is 11.0. The first-order valence-electron chi connectivity index (χ1n) is 4.77. The third-order valence-electron chi connectivity index (χ3n) is 2.69. The van der Waals surface area contributed by atoms with Crippen LogP contribution >= 0.6 is 11.8 Å². The molecule has 1 aliphatic rings. The van der Waals surface area contributed by atoms with Crippen molar-refractivity contribution < 1.29 is 9.90 Å². The van der Waals surface area contributed by atoms with Crippen molar-refractivity contribution >= 4 is 17.7 Å². The van der Waals surface area contributed by atoms with Gasteiger partial charge in [0.25, 0.3) is 0 Å². The van der Waals surface area contributed by atoms with E-state index in [9.17, 15) is 4.79 Å². The highest BCUT2D eigenvalue weighted by atomic mass is 32.2. The van der Waals surface area contributed by atoms with E-state index in [-0.39, 0.29) is 0 Å². The Morgan fingerprint density at radius 1 is 1.53 bits per heavy atom. The Morgan fingerprint density at radius 3 is 2.87 bits per heavy atom. The van der Waals surface area contributed by atoms with Crippen molar-refractivity contribution in [3.05, 3.63) is 17.0 Å². The second-order valence-electron chi connectivity index (χ2n) is 3.59. The van der Waals surface area contributed by atoms with Gasteiger partial charge in [0.15, 0.2) is 5.16 Å². The van der Waals surface area contributed by atoms with Crippen LogP contribution < -0.4 is 0 Å². The maximum absolute atomic E-state index is 11.0. The number of hydrogen-bond acceptors (Lipinski definition) is 4. The van der Waals surface area contributed by atoms with Gasteiger partial charge < -0.3 is 5.11 Å². The smallest absolute Gasteiger partial charge is 0.311 e. The van der Waals surface area contributed by atoms with E-state index < -0.39 is 11.9 Å². The van der Waals surface area contributed by atoms with E-state index in [0.29, 0.717) is 6.42 Å². The van der Waals surface area contributed by atoms with E-state index in [2.05, 4.69) is 9.97 Å². The summed E-state index contributed by atoms with van der Waals surface area (Å²) in [5.41, 5.74) is 2.56.